The predicted octanol–water partition coefficient (Wildman–Crippen LogP) is 2.56. The fourth-order valence-corrected chi connectivity index (χ4v) is 10.5. The summed E-state index contributed by atoms with van der Waals surface area (Å²) in [7, 11) is 0. The molecule has 5 rings (SSSR count). The molecule has 0 radical (unpaired) electrons. The molecule has 13 atom stereocenters. The van der Waals surface area contributed by atoms with Gasteiger partial charge in [0, 0.05) is 30.1 Å². The van der Waals surface area contributed by atoms with Crippen molar-refractivity contribution in [3.8, 4) is 0 Å². The number of esters is 1. The summed E-state index contributed by atoms with van der Waals surface area (Å²) < 4.78 is 17.8. The highest BCUT2D eigenvalue weighted by molar-refractivity contribution is 5.98. The average molecular weight is 703 g/mol. The number of Topliss-reactive ketones (excluding diaryl/α,β-unsaturated/α-hetero) is 3. The topological polar surface area (TPSA) is 194 Å². The molecule has 278 valence electrons. The minimum absolute atomic E-state index is 0.0686. The standard InChI is InChI=1S/C38H54O12/c1-18-27(43)28(44)29(49-19(2)39)32(48-18)50-23-16-35(7)24-12-11-20-21(15-22(40)31(45)34(20,5)6)37(24,9)26(42)17-36(35,8)30(23)38(10,47)25(41)13-14-33(3,4)46/h11,13-14,18,21-24,27,29-30,32,40,43,46-47H,12,15-17H2,1-10H3/t18?,21-,22+,23-,24+,27?,29?,30+,32?,35+,36-,37+,38+/m1/s1. The maximum atomic E-state index is 14.8. The number of hydrogen-bond acceptors (Lipinski definition) is 12. The molecule has 12 nitrogen and oxygen atoms in total. The van der Waals surface area contributed by atoms with Gasteiger partial charge in [0.15, 0.2) is 11.6 Å². The van der Waals surface area contributed by atoms with Crippen molar-refractivity contribution < 1.29 is 58.6 Å². The maximum absolute atomic E-state index is 14.8. The lowest BCUT2D eigenvalue weighted by atomic mass is 9.38. The molecule has 0 aromatic carbocycles. The summed E-state index contributed by atoms with van der Waals surface area (Å²) >= 11 is 0. The zero-order valence-corrected chi connectivity index (χ0v) is 30.8. The molecule has 4 aliphatic carbocycles. The van der Waals surface area contributed by atoms with Crippen LogP contribution in [0.3, 0.4) is 0 Å². The molecule has 0 bridgehead atoms. The molecule has 0 aromatic heterocycles. The molecule has 1 saturated heterocycles. The van der Waals surface area contributed by atoms with Gasteiger partial charge < -0.3 is 34.6 Å². The van der Waals surface area contributed by atoms with Crippen LogP contribution in [0.5, 0.6) is 0 Å². The predicted molar refractivity (Wildman–Crippen MR) is 178 cm³/mol. The first-order valence-electron chi connectivity index (χ1n) is 17.6. The van der Waals surface area contributed by atoms with Crippen LogP contribution in [0.1, 0.15) is 94.9 Å². The Morgan fingerprint density at radius 3 is 2.22 bits per heavy atom. The lowest BCUT2D eigenvalue weighted by Crippen LogP contribution is -2.65. The van der Waals surface area contributed by atoms with Crippen molar-refractivity contribution in [1.29, 1.82) is 0 Å². The molecule has 4 unspecified atom stereocenters. The number of rotatable bonds is 7. The Bertz CT molecular complexity index is 1530. The highest BCUT2D eigenvalue weighted by Crippen LogP contribution is 2.74. The zero-order valence-electron chi connectivity index (χ0n) is 30.8. The van der Waals surface area contributed by atoms with Crippen LogP contribution in [-0.2, 0) is 38.2 Å². The number of carbonyl (C=O) groups excluding carboxylic acids is 5. The van der Waals surface area contributed by atoms with Gasteiger partial charge in [0.05, 0.1) is 17.8 Å². The maximum Gasteiger partial charge on any atom is 0.303 e. The fraction of sp³-hybridized carbons (Fsp3) is 0.763. The van der Waals surface area contributed by atoms with Crippen LogP contribution < -0.4 is 0 Å². The van der Waals surface area contributed by atoms with Gasteiger partial charge in [0.25, 0.3) is 0 Å². The fourth-order valence-electron chi connectivity index (χ4n) is 10.5. The lowest BCUT2D eigenvalue weighted by molar-refractivity contribution is -0.274. The van der Waals surface area contributed by atoms with Gasteiger partial charge >= 0.3 is 5.97 Å². The quantitative estimate of drug-likeness (QED) is 0.172. The number of allylic oxidation sites excluding steroid dienone is 2. The molecule has 0 aromatic rings. The minimum Gasteiger partial charge on any atom is -0.449 e. The van der Waals surface area contributed by atoms with Gasteiger partial charge in [-0.25, -0.2) is 0 Å². The summed E-state index contributed by atoms with van der Waals surface area (Å²) in [6, 6.07) is 0. The smallest absolute Gasteiger partial charge is 0.303 e. The Balaban J connectivity index is 1.65. The molecule has 12 heteroatoms. The third kappa shape index (κ3) is 5.69. The summed E-state index contributed by atoms with van der Waals surface area (Å²) in [5.74, 6) is -4.63. The molecule has 3 saturated carbocycles. The van der Waals surface area contributed by atoms with Crippen molar-refractivity contribution in [3.05, 3.63) is 23.8 Å². The highest BCUT2D eigenvalue weighted by Gasteiger charge is 2.75. The molecule has 4 N–H and O–H groups in total. The van der Waals surface area contributed by atoms with Gasteiger partial charge in [0.1, 0.15) is 23.6 Å². The first-order valence-corrected chi connectivity index (χ1v) is 17.6. The number of aliphatic hydroxyl groups is 4. The van der Waals surface area contributed by atoms with Crippen molar-refractivity contribution in [2.75, 3.05) is 0 Å². The van der Waals surface area contributed by atoms with Crippen LogP contribution in [0, 0.1) is 39.4 Å². The van der Waals surface area contributed by atoms with E-state index >= 15 is 0 Å². The van der Waals surface area contributed by atoms with Gasteiger partial charge in [-0.05, 0) is 89.5 Å². The van der Waals surface area contributed by atoms with Gasteiger partial charge in [0.2, 0.25) is 18.2 Å². The van der Waals surface area contributed by atoms with Crippen LogP contribution in [0.2, 0.25) is 0 Å². The molecule has 0 spiro atoms. The monoisotopic (exact) mass is 702 g/mol. The third-order valence-electron chi connectivity index (χ3n) is 13.3. The number of fused-ring (bicyclic) bond motifs is 5. The number of hydrogen-bond donors (Lipinski definition) is 4. The summed E-state index contributed by atoms with van der Waals surface area (Å²) in [6.45, 7) is 16.2. The number of carbonyl (C=O) groups is 5. The number of ketones is 4. The Morgan fingerprint density at radius 2 is 1.64 bits per heavy atom. The van der Waals surface area contributed by atoms with E-state index in [0.717, 1.165) is 18.6 Å². The van der Waals surface area contributed by atoms with E-state index in [2.05, 4.69) is 0 Å². The lowest BCUT2D eigenvalue weighted by Gasteiger charge is -2.64. The Morgan fingerprint density at radius 1 is 1.02 bits per heavy atom. The van der Waals surface area contributed by atoms with Crippen molar-refractivity contribution in [2.24, 2.45) is 39.4 Å². The van der Waals surface area contributed by atoms with E-state index in [9.17, 15) is 44.4 Å². The van der Waals surface area contributed by atoms with E-state index in [1.54, 1.807) is 13.8 Å². The van der Waals surface area contributed by atoms with E-state index in [1.807, 2.05) is 26.8 Å². The Hall–Kier alpha value is -2.61. The van der Waals surface area contributed by atoms with Crippen LogP contribution in [0.25, 0.3) is 0 Å². The van der Waals surface area contributed by atoms with Gasteiger partial charge in [-0.2, -0.15) is 0 Å². The van der Waals surface area contributed by atoms with Crippen molar-refractivity contribution >= 4 is 29.1 Å². The SMILES string of the molecule is CC(=O)OC1C(=O)C(O)C(C)OC1O[C@@H]1C[C@@]2(C)[C@@H]3CC=C4[C@@H](C[C@H](O)C(=O)C4(C)C)[C@]3(C)C(=O)C[C@]2(C)[C@H]1[C@@](C)(O)C(=O)C=CC(C)(C)O. The van der Waals surface area contributed by atoms with E-state index < -0.39 is 99.0 Å². The largest absolute Gasteiger partial charge is 0.449 e. The second kappa shape index (κ2) is 12.2. The van der Waals surface area contributed by atoms with E-state index in [4.69, 9.17) is 14.2 Å². The highest BCUT2D eigenvalue weighted by atomic mass is 16.7. The van der Waals surface area contributed by atoms with E-state index in [-0.39, 0.29) is 36.7 Å². The van der Waals surface area contributed by atoms with E-state index in [0.29, 0.717) is 6.42 Å². The number of aliphatic hydroxyl groups excluding tert-OH is 2. The summed E-state index contributed by atoms with van der Waals surface area (Å²) in [6.07, 6.45) is -2.96. The van der Waals surface area contributed by atoms with Crippen LogP contribution >= 0.6 is 0 Å². The third-order valence-corrected chi connectivity index (χ3v) is 13.3. The zero-order chi connectivity index (χ0) is 37.7. The molecular formula is C38H54O12. The van der Waals surface area contributed by atoms with Crippen LogP contribution in [0.15, 0.2) is 23.8 Å². The van der Waals surface area contributed by atoms with Crippen molar-refractivity contribution in [1.82, 2.24) is 0 Å². The molecular weight excluding hydrogens is 648 g/mol. The first-order chi connectivity index (χ1) is 22.7. The van der Waals surface area contributed by atoms with E-state index in [1.165, 1.54) is 33.8 Å². The summed E-state index contributed by atoms with van der Waals surface area (Å²) in [4.78, 5) is 67.1. The number of ether oxygens (including phenoxy) is 3. The Kier molecular flexibility index (Phi) is 9.45. The second-order valence-corrected chi connectivity index (χ2v) is 17.4. The minimum atomic E-state index is -2.17. The molecule has 50 heavy (non-hydrogen) atoms. The van der Waals surface area contributed by atoms with Crippen molar-refractivity contribution in [3.63, 3.8) is 0 Å². The molecule has 1 aliphatic heterocycles. The molecule has 1 heterocycles. The van der Waals surface area contributed by atoms with Crippen molar-refractivity contribution in [2.45, 2.75) is 143 Å². The summed E-state index contributed by atoms with van der Waals surface area (Å²) in [5, 5.41) is 44.1. The van der Waals surface area contributed by atoms with Crippen LogP contribution in [0.4, 0.5) is 0 Å². The van der Waals surface area contributed by atoms with Gasteiger partial charge in [-0.3, -0.25) is 24.0 Å². The molecule has 0 amide bonds. The van der Waals surface area contributed by atoms with Gasteiger partial charge in [-0.15, -0.1) is 0 Å². The Labute approximate surface area is 293 Å². The van der Waals surface area contributed by atoms with Crippen LogP contribution in [-0.4, -0.2) is 97.5 Å². The molecule has 5 aliphatic rings. The average Bonchev–Trinajstić information content (AvgIpc) is 3.21. The second-order valence-electron chi connectivity index (χ2n) is 17.4. The molecule has 4 fully saturated rings. The first kappa shape index (κ1) is 38.6. The normalized spacial score (nSPS) is 44.2. The summed E-state index contributed by atoms with van der Waals surface area (Å²) in [5.41, 5.74) is -6.58. The van der Waals surface area contributed by atoms with Gasteiger partial charge in [-0.1, -0.05) is 38.5 Å².